The molecular weight excluding hydrogens is 268 g/mol. The molecule has 0 amide bonds. The van der Waals surface area contributed by atoms with E-state index in [4.69, 9.17) is 4.74 Å². The quantitative estimate of drug-likeness (QED) is 0.912. The molecule has 0 aliphatic rings. The average molecular weight is 286 g/mol. The van der Waals surface area contributed by atoms with Crippen LogP contribution in [0, 0.1) is 6.92 Å². The van der Waals surface area contributed by atoms with Crippen molar-refractivity contribution in [1.82, 2.24) is 9.97 Å². The number of hydrogen-bond donors (Lipinski definition) is 1. The van der Waals surface area contributed by atoms with E-state index in [1.807, 2.05) is 45.0 Å². The molecule has 21 heavy (non-hydrogen) atoms. The molecule has 1 N–H and O–H groups in total. The highest BCUT2D eigenvalue weighted by Gasteiger charge is 2.14. The molecule has 2 aromatic rings. The van der Waals surface area contributed by atoms with E-state index in [0.29, 0.717) is 5.82 Å². The predicted molar refractivity (Wildman–Crippen MR) is 79.5 cm³/mol. The van der Waals surface area contributed by atoms with E-state index in [9.17, 15) is 9.90 Å². The van der Waals surface area contributed by atoms with E-state index in [2.05, 4.69) is 9.97 Å². The summed E-state index contributed by atoms with van der Waals surface area (Å²) >= 11 is 0. The van der Waals surface area contributed by atoms with Crippen LogP contribution in [0.4, 0.5) is 0 Å². The number of aromatic nitrogens is 2. The van der Waals surface area contributed by atoms with Gasteiger partial charge < -0.3 is 9.84 Å². The van der Waals surface area contributed by atoms with Gasteiger partial charge in [0.1, 0.15) is 0 Å². The SMILES string of the molecule is CCC(C)Oc1cc(C(=O)O)nc(-c2cccc(C)c2)n1. The van der Waals surface area contributed by atoms with Gasteiger partial charge in [0.2, 0.25) is 5.88 Å². The third kappa shape index (κ3) is 3.78. The second-order valence-electron chi connectivity index (χ2n) is 4.93. The number of carboxylic acid groups (broad SMARTS) is 1. The number of nitrogens with zero attached hydrogens (tertiary/aromatic N) is 2. The van der Waals surface area contributed by atoms with E-state index in [1.54, 1.807) is 0 Å². The maximum Gasteiger partial charge on any atom is 0.354 e. The summed E-state index contributed by atoms with van der Waals surface area (Å²) in [6.45, 7) is 5.86. The van der Waals surface area contributed by atoms with Gasteiger partial charge in [0, 0.05) is 11.6 Å². The number of ether oxygens (including phenoxy) is 1. The van der Waals surface area contributed by atoms with Gasteiger partial charge >= 0.3 is 5.97 Å². The average Bonchev–Trinajstić information content (AvgIpc) is 2.46. The molecule has 0 aliphatic carbocycles. The second-order valence-corrected chi connectivity index (χ2v) is 4.93. The Morgan fingerprint density at radius 3 is 2.71 bits per heavy atom. The molecule has 0 saturated heterocycles. The fourth-order valence-electron chi connectivity index (χ4n) is 1.80. The smallest absolute Gasteiger partial charge is 0.354 e. The van der Waals surface area contributed by atoms with Gasteiger partial charge in [-0.25, -0.2) is 9.78 Å². The number of rotatable bonds is 5. The monoisotopic (exact) mass is 286 g/mol. The van der Waals surface area contributed by atoms with Gasteiger partial charge in [0.15, 0.2) is 11.5 Å². The van der Waals surface area contributed by atoms with E-state index in [-0.39, 0.29) is 17.7 Å². The summed E-state index contributed by atoms with van der Waals surface area (Å²) in [5, 5.41) is 9.18. The van der Waals surface area contributed by atoms with Crippen molar-refractivity contribution >= 4 is 5.97 Å². The zero-order valence-corrected chi connectivity index (χ0v) is 12.3. The predicted octanol–water partition coefficient (Wildman–Crippen LogP) is 3.33. The highest BCUT2D eigenvalue weighted by Crippen LogP contribution is 2.21. The standard InChI is InChI=1S/C16H18N2O3/c1-4-11(3)21-14-9-13(16(19)20)17-15(18-14)12-7-5-6-10(2)8-12/h5-9,11H,4H2,1-3H3,(H,19,20). The molecular formula is C16H18N2O3. The largest absolute Gasteiger partial charge is 0.477 e. The number of aromatic carboxylic acids is 1. The van der Waals surface area contributed by atoms with Gasteiger partial charge in [-0.2, -0.15) is 4.98 Å². The minimum Gasteiger partial charge on any atom is -0.477 e. The summed E-state index contributed by atoms with van der Waals surface area (Å²) in [6, 6.07) is 8.96. The number of carboxylic acids is 1. The molecule has 1 atom stereocenters. The van der Waals surface area contributed by atoms with Crippen LogP contribution in [0.1, 0.15) is 36.3 Å². The molecule has 1 unspecified atom stereocenters. The lowest BCUT2D eigenvalue weighted by molar-refractivity contribution is 0.0689. The van der Waals surface area contributed by atoms with Gasteiger partial charge in [-0.05, 0) is 26.3 Å². The highest BCUT2D eigenvalue weighted by molar-refractivity contribution is 5.86. The van der Waals surface area contributed by atoms with Crippen molar-refractivity contribution in [2.24, 2.45) is 0 Å². The van der Waals surface area contributed by atoms with Crippen molar-refractivity contribution in [3.8, 4) is 17.3 Å². The van der Waals surface area contributed by atoms with E-state index >= 15 is 0 Å². The Balaban J connectivity index is 2.47. The minimum atomic E-state index is -1.10. The lowest BCUT2D eigenvalue weighted by Crippen LogP contribution is -2.13. The van der Waals surface area contributed by atoms with Gasteiger partial charge in [-0.3, -0.25) is 0 Å². The molecule has 0 saturated carbocycles. The summed E-state index contributed by atoms with van der Waals surface area (Å²) in [7, 11) is 0. The summed E-state index contributed by atoms with van der Waals surface area (Å²) in [6.07, 6.45) is 0.776. The first kappa shape index (κ1) is 15.0. The Labute approximate surface area is 123 Å². The lowest BCUT2D eigenvalue weighted by Gasteiger charge is -2.13. The number of carbonyl (C=O) groups is 1. The number of aryl methyl sites for hydroxylation is 1. The Hall–Kier alpha value is -2.43. The van der Waals surface area contributed by atoms with Crippen LogP contribution in [-0.4, -0.2) is 27.1 Å². The molecule has 5 nitrogen and oxygen atoms in total. The Morgan fingerprint density at radius 1 is 1.33 bits per heavy atom. The first-order valence-electron chi connectivity index (χ1n) is 6.85. The molecule has 5 heteroatoms. The zero-order chi connectivity index (χ0) is 15.4. The van der Waals surface area contributed by atoms with E-state index in [0.717, 1.165) is 17.5 Å². The summed E-state index contributed by atoms with van der Waals surface area (Å²) in [5.41, 5.74) is 1.76. The molecule has 0 fully saturated rings. The highest BCUT2D eigenvalue weighted by atomic mass is 16.5. The summed E-state index contributed by atoms with van der Waals surface area (Å²) in [5.74, 6) is -0.453. The van der Waals surface area contributed by atoms with E-state index in [1.165, 1.54) is 6.07 Å². The molecule has 0 radical (unpaired) electrons. The number of benzene rings is 1. The van der Waals surface area contributed by atoms with Crippen molar-refractivity contribution in [1.29, 1.82) is 0 Å². The molecule has 0 aliphatic heterocycles. The fraction of sp³-hybridized carbons (Fsp3) is 0.312. The maximum absolute atomic E-state index is 11.2. The normalized spacial score (nSPS) is 12.0. The maximum atomic E-state index is 11.2. The van der Waals surface area contributed by atoms with Crippen molar-refractivity contribution < 1.29 is 14.6 Å². The van der Waals surface area contributed by atoms with Gasteiger partial charge in [-0.1, -0.05) is 30.7 Å². The fourth-order valence-corrected chi connectivity index (χ4v) is 1.80. The van der Waals surface area contributed by atoms with Crippen LogP contribution in [0.5, 0.6) is 5.88 Å². The Kier molecular flexibility index (Phi) is 4.52. The Morgan fingerprint density at radius 2 is 2.10 bits per heavy atom. The van der Waals surface area contributed by atoms with Crippen LogP contribution in [0.3, 0.4) is 0 Å². The first-order chi connectivity index (χ1) is 9.99. The third-order valence-electron chi connectivity index (χ3n) is 3.09. The molecule has 2 rings (SSSR count). The van der Waals surface area contributed by atoms with Crippen molar-refractivity contribution in [3.05, 3.63) is 41.6 Å². The molecule has 0 bridgehead atoms. The molecule has 110 valence electrons. The summed E-state index contributed by atoms with van der Waals surface area (Å²) < 4.78 is 5.63. The Bertz CT molecular complexity index is 656. The van der Waals surface area contributed by atoms with Crippen LogP contribution >= 0.6 is 0 Å². The van der Waals surface area contributed by atoms with Gasteiger partial charge in [-0.15, -0.1) is 0 Å². The van der Waals surface area contributed by atoms with Gasteiger partial charge in [0.25, 0.3) is 0 Å². The van der Waals surface area contributed by atoms with Crippen LogP contribution in [-0.2, 0) is 0 Å². The minimum absolute atomic E-state index is 0.0353. The van der Waals surface area contributed by atoms with Crippen molar-refractivity contribution in [3.63, 3.8) is 0 Å². The summed E-state index contributed by atoms with van der Waals surface area (Å²) in [4.78, 5) is 19.6. The van der Waals surface area contributed by atoms with Gasteiger partial charge in [0.05, 0.1) is 6.10 Å². The van der Waals surface area contributed by atoms with E-state index < -0.39 is 5.97 Å². The number of hydrogen-bond acceptors (Lipinski definition) is 4. The molecule has 1 heterocycles. The zero-order valence-electron chi connectivity index (χ0n) is 12.3. The molecule has 0 spiro atoms. The second kappa shape index (κ2) is 6.35. The van der Waals surface area contributed by atoms with Crippen LogP contribution in [0.15, 0.2) is 30.3 Å². The van der Waals surface area contributed by atoms with Crippen LogP contribution in [0.25, 0.3) is 11.4 Å². The lowest BCUT2D eigenvalue weighted by atomic mass is 10.1. The molecule has 1 aromatic carbocycles. The third-order valence-corrected chi connectivity index (χ3v) is 3.09. The first-order valence-corrected chi connectivity index (χ1v) is 6.85. The van der Waals surface area contributed by atoms with Crippen molar-refractivity contribution in [2.75, 3.05) is 0 Å². The van der Waals surface area contributed by atoms with Crippen LogP contribution < -0.4 is 4.74 Å². The van der Waals surface area contributed by atoms with Crippen molar-refractivity contribution in [2.45, 2.75) is 33.3 Å². The topological polar surface area (TPSA) is 72.3 Å². The van der Waals surface area contributed by atoms with Crippen LogP contribution in [0.2, 0.25) is 0 Å². The molecule has 1 aromatic heterocycles.